The predicted octanol–water partition coefficient (Wildman–Crippen LogP) is 2.53. The van der Waals surface area contributed by atoms with E-state index in [4.69, 9.17) is 4.74 Å². The number of aryl methyl sites for hydroxylation is 1. The van der Waals surface area contributed by atoms with Crippen LogP contribution in [0.25, 0.3) is 0 Å². The maximum Gasteiger partial charge on any atom is 0.254 e. The molecule has 0 spiro atoms. The summed E-state index contributed by atoms with van der Waals surface area (Å²) < 4.78 is 32.7. The molecule has 1 atom stereocenters. The van der Waals surface area contributed by atoms with Gasteiger partial charge in [-0.15, -0.1) is 0 Å². The Balaban J connectivity index is 1.67. The Morgan fingerprint density at radius 1 is 1.19 bits per heavy atom. The number of carbonyl (C=O) groups excluding carboxylic acids is 1. The SMILES string of the molecule is CC1COCCN1C(=O)c1cccc(NS(=O)(=O)CCc2ccccc2)c1. The number of anilines is 1. The molecule has 0 aromatic heterocycles. The summed E-state index contributed by atoms with van der Waals surface area (Å²) in [5.41, 5.74) is 1.83. The molecule has 27 heavy (non-hydrogen) atoms. The van der Waals surface area contributed by atoms with Gasteiger partial charge < -0.3 is 9.64 Å². The molecule has 6 nitrogen and oxygen atoms in total. The van der Waals surface area contributed by atoms with Gasteiger partial charge in [-0.1, -0.05) is 36.4 Å². The normalized spacial score (nSPS) is 17.5. The lowest BCUT2D eigenvalue weighted by Gasteiger charge is -2.33. The highest BCUT2D eigenvalue weighted by molar-refractivity contribution is 7.92. The number of nitrogens with one attached hydrogen (secondary N) is 1. The average Bonchev–Trinajstić information content (AvgIpc) is 2.67. The van der Waals surface area contributed by atoms with Crippen molar-refractivity contribution in [3.63, 3.8) is 0 Å². The van der Waals surface area contributed by atoms with Gasteiger partial charge in [-0.25, -0.2) is 8.42 Å². The molecule has 1 saturated heterocycles. The first kappa shape index (κ1) is 19.4. The van der Waals surface area contributed by atoms with Crippen LogP contribution in [0.4, 0.5) is 5.69 Å². The summed E-state index contributed by atoms with van der Waals surface area (Å²) >= 11 is 0. The van der Waals surface area contributed by atoms with Crippen molar-refractivity contribution in [3.05, 3.63) is 65.7 Å². The number of hydrogen-bond donors (Lipinski definition) is 1. The second kappa shape index (κ2) is 8.54. The van der Waals surface area contributed by atoms with Crippen molar-refractivity contribution in [1.82, 2.24) is 4.90 Å². The molecule has 7 heteroatoms. The van der Waals surface area contributed by atoms with E-state index in [2.05, 4.69) is 4.72 Å². The molecule has 1 heterocycles. The lowest BCUT2D eigenvalue weighted by atomic mass is 10.1. The van der Waals surface area contributed by atoms with E-state index in [9.17, 15) is 13.2 Å². The Bertz CT molecular complexity index is 884. The number of sulfonamides is 1. The molecule has 2 aromatic rings. The van der Waals surface area contributed by atoms with Gasteiger partial charge in [0.15, 0.2) is 0 Å². The van der Waals surface area contributed by atoms with Crippen LogP contribution in [-0.4, -0.2) is 50.8 Å². The zero-order valence-corrected chi connectivity index (χ0v) is 16.1. The Morgan fingerprint density at radius 2 is 1.96 bits per heavy atom. The van der Waals surface area contributed by atoms with E-state index in [1.54, 1.807) is 29.2 Å². The third-order valence-electron chi connectivity index (χ3n) is 4.51. The topological polar surface area (TPSA) is 75.7 Å². The molecule has 0 radical (unpaired) electrons. The highest BCUT2D eigenvalue weighted by atomic mass is 32.2. The molecule has 1 amide bonds. The third kappa shape index (κ3) is 5.30. The largest absolute Gasteiger partial charge is 0.377 e. The van der Waals surface area contributed by atoms with E-state index < -0.39 is 10.0 Å². The lowest BCUT2D eigenvalue weighted by molar-refractivity contribution is 0.00360. The van der Waals surface area contributed by atoms with Gasteiger partial charge in [-0.3, -0.25) is 9.52 Å². The van der Waals surface area contributed by atoms with Crippen LogP contribution in [0.2, 0.25) is 0 Å². The van der Waals surface area contributed by atoms with Gasteiger partial charge in [0.1, 0.15) is 0 Å². The Morgan fingerprint density at radius 3 is 2.70 bits per heavy atom. The van der Waals surface area contributed by atoms with Gasteiger partial charge in [0.05, 0.1) is 25.0 Å². The summed E-state index contributed by atoms with van der Waals surface area (Å²) in [6.45, 7) is 3.50. The number of amides is 1. The van der Waals surface area contributed by atoms with E-state index in [1.807, 2.05) is 37.3 Å². The van der Waals surface area contributed by atoms with E-state index in [1.165, 1.54) is 0 Å². The first-order chi connectivity index (χ1) is 12.9. The maximum absolute atomic E-state index is 12.7. The molecular formula is C20H24N2O4S. The molecule has 1 fully saturated rings. The van der Waals surface area contributed by atoms with Gasteiger partial charge >= 0.3 is 0 Å². The fourth-order valence-corrected chi connectivity index (χ4v) is 4.13. The number of ether oxygens (including phenoxy) is 1. The minimum atomic E-state index is -3.51. The first-order valence-corrected chi connectivity index (χ1v) is 10.6. The Labute approximate surface area is 160 Å². The van der Waals surface area contributed by atoms with Crippen molar-refractivity contribution in [2.45, 2.75) is 19.4 Å². The van der Waals surface area contributed by atoms with Crippen molar-refractivity contribution in [3.8, 4) is 0 Å². The van der Waals surface area contributed by atoms with Gasteiger partial charge in [-0.2, -0.15) is 0 Å². The predicted molar refractivity (Wildman–Crippen MR) is 105 cm³/mol. The summed E-state index contributed by atoms with van der Waals surface area (Å²) in [6, 6.07) is 16.1. The van der Waals surface area contributed by atoms with E-state index in [0.717, 1.165) is 5.56 Å². The highest BCUT2D eigenvalue weighted by Crippen LogP contribution is 2.17. The number of carbonyl (C=O) groups is 1. The van der Waals surface area contributed by atoms with Gasteiger partial charge in [-0.05, 0) is 37.1 Å². The molecule has 3 rings (SSSR count). The molecule has 0 saturated carbocycles. The fourth-order valence-electron chi connectivity index (χ4n) is 3.04. The minimum absolute atomic E-state index is 0.00234. The van der Waals surface area contributed by atoms with E-state index in [-0.39, 0.29) is 17.7 Å². The molecule has 1 aliphatic rings. The van der Waals surface area contributed by atoms with Crippen molar-refractivity contribution >= 4 is 21.6 Å². The average molecular weight is 388 g/mol. The Kier molecular flexibility index (Phi) is 6.13. The van der Waals surface area contributed by atoms with Gasteiger partial charge in [0, 0.05) is 17.8 Å². The lowest BCUT2D eigenvalue weighted by Crippen LogP contribution is -2.47. The minimum Gasteiger partial charge on any atom is -0.377 e. The summed E-state index contributed by atoms with van der Waals surface area (Å²) in [5.74, 6) is -0.133. The zero-order chi connectivity index (χ0) is 19.3. The fraction of sp³-hybridized carbons (Fsp3) is 0.350. The van der Waals surface area contributed by atoms with Crippen molar-refractivity contribution in [2.75, 3.05) is 30.2 Å². The number of nitrogens with zero attached hydrogens (tertiary/aromatic N) is 1. The monoisotopic (exact) mass is 388 g/mol. The smallest absolute Gasteiger partial charge is 0.254 e. The summed E-state index contributed by atoms with van der Waals surface area (Å²) in [4.78, 5) is 14.5. The van der Waals surface area contributed by atoms with Crippen LogP contribution >= 0.6 is 0 Å². The van der Waals surface area contributed by atoms with Crippen molar-refractivity contribution in [2.24, 2.45) is 0 Å². The van der Waals surface area contributed by atoms with Crippen LogP contribution in [-0.2, 0) is 21.2 Å². The molecule has 1 N–H and O–H groups in total. The van der Waals surface area contributed by atoms with E-state index >= 15 is 0 Å². The summed E-state index contributed by atoms with van der Waals surface area (Å²) in [6.07, 6.45) is 0.431. The number of hydrogen-bond acceptors (Lipinski definition) is 4. The van der Waals surface area contributed by atoms with Crippen LogP contribution in [0.1, 0.15) is 22.8 Å². The second-order valence-corrected chi connectivity index (χ2v) is 8.50. The number of benzene rings is 2. The molecule has 0 bridgehead atoms. The number of rotatable bonds is 6. The van der Waals surface area contributed by atoms with Crippen molar-refractivity contribution < 1.29 is 17.9 Å². The molecule has 2 aromatic carbocycles. The van der Waals surface area contributed by atoms with Crippen LogP contribution in [0.5, 0.6) is 0 Å². The van der Waals surface area contributed by atoms with Crippen molar-refractivity contribution in [1.29, 1.82) is 0 Å². The van der Waals surface area contributed by atoms with E-state index in [0.29, 0.717) is 37.4 Å². The Hall–Kier alpha value is -2.38. The molecule has 1 aliphatic heterocycles. The third-order valence-corrected chi connectivity index (χ3v) is 5.80. The first-order valence-electron chi connectivity index (χ1n) is 8.98. The van der Waals surface area contributed by atoms with Crippen LogP contribution in [0, 0.1) is 0 Å². The maximum atomic E-state index is 12.7. The summed E-state index contributed by atoms with van der Waals surface area (Å²) in [7, 11) is -3.51. The quantitative estimate of drug-likeness (QED) is 0.825. The molecule has 0 aliphatic carbocycles. The van der Waals surface area contributed by atoms with Crippen LogP contribution in [0.15, 0.2) is 54.6 Å². The van der Waals surface area contributed by atoms with Crippen LogP contribution < -0.4 is 4.72 Å². The van der Waals surface area contributed by atoms with Gasteiger partial charge in [0.2, 0.25) is 10.0 Å². The van der Waals surface area contributed by atoms with Gasteiger partial charge in [0.25, 0.3) is 5.91 Å². The van der Waals surface area contributed by atoms with Crippen LogP contribution in [0.3, 0.4) is 0 Å². The molecular weight excluding hydrogens is 364 g/mol. The standard InChI is InChI=1S/C20H24N2O4S/c1-16-15-26-12-11-22(16)20(23)18-8-5-9-19(14-18)21-27(24,25)13-10-17-6-3-2-4-7-17/h2-9,14,16,21H,10-13,15H2,1H3. The highest BCUT2D eigenvalue weighted by Gasteiger charge is 2.25. The number of morpholine rings is 1. The second-order valence-electron chi connectivity index (χ2n) is 6.66. The summed E-state index contributed by atoms with van der Waals surface area (Å²) in [5, 5.41) is 0. The molecule has 1 unspecified atom stereocenters. The zero-order valence-electron chi connectivity index (χ0n) is 15.3. The molecule has 144 valence electrons.